The standard InChI is InChI=1S/C37H46N2O6/c1-7-9-13-19-44-35(43)31-30-33(41)39(28(23-40)21-27-14-11-10-12-15-27)32(37(30)22-26(5)36(31,6)45-37)34(42)38(18-8-2)29-20-24(3)16-17-25(29)4/h7-8,10-12,14-17,20,26,28,30-32,40H,1-2,9,13,18-19,21-23H2,3-6H3/t26?,28-,30+,31-,32?,36+,37?/m1/s1. The highest BCUT2D eigenvalue weighted by atomic mass is 16.6. The maximum atomic E-state index is 15.1. The molecule has 2 aromatic rings. The zero-order valence-electron chi connectivity index (χ0n) is 26.9. The van der Waals surface area contributed by atoms with Gasteiger partial charge in [-0.3, -0.25) is 14.4 Å². The van der Waals surface area contributed by atoms with Crippen LogP contribution in [-0.2, 0) is 30.3 Å². The first kappa shape index (κ1) is 32.6. The molecule has 3 saturated heterocycles. The third-order valence-corrected chi connectivity index (χ3v) is 10.2. The molecule has 7 atom stereocenters. The van der Waals surface area contributed by atoms with Crippen LogP contribution in [0.3, 0.4) is 0 Å². The van der Waals surface area contributed by atoms with Gasteiger partial charge in [0.1, 0.15) is 17.6 Å². The van der Waals surface area contributed by atoms with Crippen molar-refractivity contribution in [3.8, 4) is 0 Å². The van der Waals surface area contributed by atoms with Gasteiger partial charge in [-0.2, -0.15) is 0 Å². The van der Waals surface area contributed by atoms with Crippen molar-refractivity contribution in [1.29, 1.82) is 0 Å². The molecule has 1 N–H and O–H groups in total. The monoisotopic (exact) mass is 614 g/mol. The van der Waals surface area contributed by atoms with Gasteiger partial charge < -0.3 is 24.4 Å². The lowest BCUT2D eigenvalue weighted by atomic mass is 9.62. The number of likely N-dealkylation sites (tertiary alicyclic amines) is 1. The predicted octanol–water partition coefficient (Wildman–Crippen LogP) is 4.95. The molecule has 3 aliphatic heterocycles. The second-order valence-corrected chi connectivity index (χ2v) is 13.1. The van der Waals surface area contributed by atoms with Crippen molar-refractivity contribution >= 4 is 23.5 Å². The van der Waals surface area contributed by atoms with Crippen molar-refractivity contribution in [3.05, 3.63) is 90.5 Å². The Morgan fingerprint density at radius 2 is 1.91 bits per heavy atom. The number of aryl methyl sites for hydroxylation is 2. The second-order valence-electron chi connectivity index (χ2n) is 13.1. The highest BCUT2D eigenvalue weighted by Crippen LogP contribution is 2.65. The van der Waals surface area contributed by atoms with E-state index in [-0.39, 0.29) is 37.5 Å². The molecule has 3 heterocycles. The van der Waals surface area contributed by atoms with Gasteiger partial charge in [-0.1, -0.05) is 61.5 Å². The molecule has 0 radical (unpaired) electrons. The van der Waals surface area contributed by atoms with E-state index in [1.807, 2.05) is 76.2 Å². The van der Waals surface area contributed by atoms with Crippen LogP contribution >= 0.6 is 0 Å². The molecule has 5 rings (SSSR count). The van der Waals surface area contributed by atoms with Gasteiger partial charge in [-0.25, -0.2) is 0 Å². The Hall–Kier alpha value is -3.75. The van der Waals surface area contributed by atoms with Crippen LogP contribution in [0.15, 0.2) is 73.8 Å². The zero-order valence-corrected chi connectivity index (χ0v) is 26.9. The van der Waals surface area contributed by atoms with Crippen molar-refractivity contribution in [3.63, 3.8) is 0 Å². The Kier molecular flexibility index (Phi) is 9.38. The molecule has 0 saturated carbocycles. The summed E-state index contributed by atoms with van der Waals surface area (Å²) in [7, 11) is 0. The van der Waals surface area contributed by atoms with Gasteiger partial charge >= 0.3 is 5.97 Å². The molecule has 3 aliphatic rings. The Bertz CT molecular complexity index is 1460. The topological polar surface area (TPSA) is 96.4 Å². The van der Waals surface area contributed by atoms with Crippen molar-refractivity contribution < 1.29 is 29.0 Å². The third-order valence-electron chi connectivity index (χ3n) is 10.2. The lowest BCUT2D eigenvalue weighted by Crippen LogP contribution is -2.59. The van der Waals surface area contributed by atoms with Gasteiger partial charge in [0.25, 0.3) is 5.91 Å². The SMILES string of the molecule is C=CCCCOC(=O)[C@H]1[C@H]2C(=O)N([C@@H](CO)Cc3ccccc3)C(C(=O)N(CC=C)c3cc(C)ccc3C)C23CC(C)[C@]1(C)O3. The predicted molar refractivity (Wildman–Crippen MR) is 173 cm³/mol. The maximum Gasteiger partial charge on any atom is 0.312 e. The number of amides is 2. The molecule has 240 valence electrons. The number of rotatable bonds is 13. The fourth-order valence-corrected chi connectivity index (χ4v) is 7.93. The van der Waals surface area contributed by atoms with Crippen LogP contribution in [0.5, 0.6) is 0 Å². The summed E-state index contributed by atoms with van der Waals surface area (Å²) >= 11 is 0. The maximum absolute atomic E-state index is 15.1. The molecular formula is C37H46N2O6. The van der Waals surface area contributed by atoms with Gasteiger partial charge in [0, 0.05) is 12.2 Å². The molecule has 2 amide bonds. The Balaban J connectivity index is 1.63. The number of hydrogen-bond donors (Lipinski definition) is 1. The summed E-state index contributed by atoms with van der Waals surface area (Å²) in [5.41, 5.74) is 1.28. The fraction of sp³-hybridized carbons (Fsp3) is 0.486. The second kappa shape index (κ2) is 12.9. The van der Waals surface area contributed by atoms with E-state index in [0.29, 0.717) is 25.7 Å². The van der Waals surface area contributed by atoms with Crippen LogP contribution in [0.4, 0.5) is 5.69 Å². The smallest absolute Gasteiger partial charge is 0.312 e. The number of aliphatic hydroxyl groups excluding tert-OH is 1. The number of benzene rings is 2. The minimum absolute atomic E-state index is 0.127. The molecule has 45 heavy (non-hydrogen) atoms. The number of allylic oxidation sites excluding steroid dienone is 1. The van der Waals surface area contributed by atoms with E-state index < -0.39 is 41.1 Å². The number of unbranched alkanes of at least 4 members (excludes halogenated alkanes) is 1. The van der Waals surface area contributed by atoms with Crippen LogP contribution in [0.25, 0.3) is 0 Å². The number of fused-ring (bicyclic) bond motifs is 1. The van der Waals surface area contributed by atoms with E-state index in [4.69, 9.17) is 9.47 Å². The van der Waals surface area contributed by atoms with Crippen molar-refractivity contribution in [2.24, 2.45) is 17.8 Å². The van der Waals surface area contributed by atoms with E-state index in [2.05, 4.69) is 13.2 Å². The Morgan fingerprint density at radius 1 is 1.18 bits per heavy atom. The highest BCUT2D eigenvalue weighted by molar-refractivity contribution is 6.05. The molecule has 8 nitrogen and oxygen atoms in total. The largest absolute Gasteiger partial charge is 0.465 e. The van der Waals surface area contributed by atoms with Crippen LogP contribution in [0.1, 0.15) is 49.8 Å². The Morgan fingerprint density at radius 3 is 2.58 bits per heavy atom. The average molecular weight is 615 g/mol. The van der Waals surface area contributed by atoms with E-state index in [1.54, 1.807) is 17.1 Å². The first-order valence-electron chi connectivity index (χ1n) is 16.0. The Labute approximate surface area is 266 Å². The average Bonchev–Trinajstić information content (AvgIpc) is 3.54. The normalized spacial score (nSPS) is 28.9. The summed E-state index contributed by atoms with van der Waals surface area (Å²) < 4.78 is 12.7. The van der Waals surface area contributed by atoms with E-state index in [0.717, 1.165) is 22.4 Å². The summed E-state index contributed by atoms with van der Waals surface area (Å²) in [5.74, 6) is -3.09. The third kappa shape index (κ3) is 5.52. The number of esters is 1. The van der Waals surface area contributed by atoms with Gasteiger partial charge in [0.05, 0.1) is 30.8 Å². The molecule has 8 heteroatoms. The molecule has 0 aromatic heterocycles. The number of hydrogen-bond acceptors (Lipinski definition) is 6. The van der Waals surface area contributed by atoms with Gasteiger partial charge in [0.15, 0.2) is 0 Å². The number of carbonyl (C=O) groups is 3. The van der Waals surface area contributed by atoms with Crippen molar-refractivity contribution in [2.45, 2.75) is 76.7 Å². The lowest BCUT2D eigenvalue weighted by molar-refractivity contribution is -0.162. The molecule has 2 bridgehead atoms. The minimum Gasteiger partial charge on any atom is -0.465 e. The lowest BCUT2D eigenvalue weighted by Gasteiger charge is -2.40. The molecule has 3 fully saturated rings. The zero-order chi connectivity index (χ0) is 32.5. The first-order valence-corrected chi connectivity index (χ1v) is 16.0. The number of anilines is 1. The summed E-state index contributed by atoms with van der Waals surface area (Å²) in [6.07, 6.45) is 5.53. The van der Waals surface area contributed by atoms with Crippen molar-refractivity contribution in [1.82, 2.24) is 4.90 Å². The molecule has 3 unspecified atom stereocenters. The number of nitrogens with zero attached hydrogens (tertiary/aromatic N) is 2. The van der Waals surface area contributed by atoms with E-state index >= 15 is 4.79 Å². The van der Waals surface area contributed by atoms with E-state index in [1.165, 1.54) is 4.90 Å². The highest BCUT2D eigenvalue weighted by Gasteiger charge is 2.80. The van der Waals surface area contributed by atoms with Gasteiger partial charge in [-0.15, -0.1) is 13.2 Å². The van der Waals surface area contributed by atoms with Crippen LogP contribution in [0, 0.1) is 31.6 Å². The van der Waals surface area contributed by atoms with Crippen LogP contribution < -0.4 is 4.90 Å². The number of ether oxygens (including phenoxy) is 2. The van der Waals surface area contributed by atoms with E-state index in [9.17, 15) is 14.7 Å². The number of carbonyl (C=O) groups excluding carboxylic acids is 3. The quantitative estimate of drug-likeness (QED) is 0.195. The van der Waals surface area contributed by atoms with Gasteiger partial charge in [-0.05, 0) is 75.1 Å². The molecule has 2 aromatic carbocycles. The molecule has 0 aliphatic carbocycles. The molecule has 1 spiro atoms. The summed E-state index contributed by atoms with van der Waals surface area (Å²) in [4.78, 5) is 46.9. The van der Waals surface area contributed by atoms with Crippen LogP contribution in [-0.4, -0.2) is 70.8 Å². The molecular weight excluding hydrogens is 568 g/mol. The minimum atomic E-state index is -1.27. The summed E-state index contributed by atoms with van der Waals surface area (Å²) in [6.45, 7) is 15.5. The fourth-order valence-electron chi connectivity index (χ4n) is 7.93. The summed E-state index contributed by atoms with van der Waals surface area (Å²) in [5, 5.41) is 10.8. The summed E-state index contributed by atoms with van der Waals surface area (Å²) in [6, 6.07) is 13.7. The van der Waals surface area contributed by atoms with Crippen molar-refractivity contribution in [2.75, 3.05) is 24.7 Å². The van der Waals surface area contributed by atoms with Crippen LogP contribution in [0.2, 0.25) is 0 Å². The number of aliphatic hydroxyl groups is 1. The first-order chi connectivity index (χ1) is 21.5. The van der Waals surface area contributed by atoms with Gasteiger partial charge in [0.2, 0.25) is 5.91 Å².